The Morgan fingerprint density at radius 2 is 2.67 bits per heavy atom. The van der Waals surface area contributed by atoms with Crippen LogP contribution >= 0.6 is 0 Å². The minimum atomic E-state index is -0.260. The molecule has 5 heteroatoms. The lowest BCUT2D eigenvalue weighted by molar-refractivity contribution is -0.130. The van der Waals surface area contributed by atoms with Crippen molar-refractivity contribution >= 4 is 5.91 Å². The molecule has 1 amide bonds. The highest BCUT2D eigenvalue weighted by Gasteiger charge is 2.23. The van der Waals surface area contributed by atoms with Crippen molar-refractivity contribution in [3.8, 4) is 0 Å². The highest BCUT2D eigenvalue weighted by atomic mass is 16.5. The molecule has 2 rings (SSSR count). The van der Waals surface area contributed by atoms with Gasteiger partial charge in [0.2, 0.25) is 5.91 Å². The number of hydrogen-bond donors (Lipinski definition) is 2. The second-order valence-electron chi connectivity index (χ2n) is 3.69. The number of nitrogens with one attached hydrogen (secondary N) is 2. The number of hydrogen-bond acceptors (Lipinski definition) is 3. The predicted molar refractivity (Wildman–Crippen MR) is 54.1 cm³/mol. The Morgan fingerprint density at radius 3 is 3.27 bits per heavy atom. The normalized spacial score (nSPS) is 20.5. The van der Waals surface area contributed by atoms with Crippen LogP contribution < -0.4 is 5.32 Å². The lowest BCUT2D eigenvalue weighted by Gasteiger charge is -2.09. The molecule has 0 aliphatic carbocycles. The molecule has 1 saturated heterocycles. The topological polar surface area (TPSA) is 67.0 Å². The lowest BCUT2D eigenvalue weighted by atomic mass is 10.2. The molecule has 15 heavy (non-hydrogen) atoms. The molecule has 1 aromatic rings. The zero-order chi connectivity index (χ0) is 10.7. The summed E-state index contributed by atoms with van der Waals surface area (Å²) in [7, 11) is 0. The standard InChI is InChI=1S/C10H15N3O2/c1-7-8(13-6-12-7)5-11-10(14)9-3-2-4-15-9/h6,9H,2-5H2,1H3,(H,11,14)(H,12,13). The average molecular weight is 209 g/mol. The quantitative estimate of drug-likeness (QED) is 0.762. The van der Waals surface area contributed by atoms with E-state index in [2.05, 4.69) is 15.3 Å². The number of H-pyrrole nitrogens is 1. The smallest absolute Gasteiger partial charge is 0.249 e. The van der Waals surface area contributed by atoms with E-state index in [4.69, 9.17) is 4.74 Å². The van der Waals surface area contributed by atoms with Crippen molar-refractivity contribution in [2.24, 2.45) is 0 Å². The monoisotopic (exact) mass is 209 g/mol. The van der Waals surface area contributed by atoms with Crippen LogP contribution in [0.4, 0.5) is 0 Å². The molecule has 82 valence electrons. The summed E-state index contributed by atoms with van der Waals surface area (Å²) in [5.41, 5.74) is 1.86. The van der Waals surface area contributed by atoms with Gasteiger partial charge in [-0.05, 0) is 19.8 Å². The first-order chi connectivity index (χ1) is 7.27. The fourth-order valence-corrected chi connectivity index (χ4v) is 1.63. The molecule has 0 aromatic carbocycles. The molecular formula is C10H15N3O2. The van der Waals surface area contributed by atoms with Gasteiger partial charge in [0.25, 0.3) is 0 Å². The minimum absolute atomic E-state index is 0.0325. The number of aromatic amines is 1. The van der Waals surface area contributed by atoms with Crippen LogP contribution in [0.2, 0.25) is 0 Å². The van der Waals surface area contributed by atoms with Crippen LogP contribution in [0, 0.1) is 6.92 Å². The fraction of sp³-hybridized carbons (Fsp3) is 0.600. The Bertz CT molecular complexity index is 342. The molecular weight excluding hydrogens is 194 g/mol. The Hall–Kier alpha value is -1.36. The van der Waals surface area contributed by atoms with Crippen LogP contribution in [0.25, 0.3) is 0 Å². The molecule has 2 N–H and O–H groups in total. The van der Waals surface area contributed by atoms with Crippen molar-refractivity contribution in [2.75, 3.05) is 6.61 Å². The maximum absolute atomic E-state index is 11.6. The van der Waals surface area contributed by atoms with Crippen LogP contribution in [-0.4, -0.2) is 28.6 Å². The van der Waals surface area contributed by atoms with Crippen LogP contribution in [0.15, 0.2) is 6.33 Å². The number of ether oxygens (including phenoxy) is 1. The second kappa shape index (κ2) is 4.44. The summed E-state index contributed by atoms with van der Waals surface area (Å²) in [6.07, 6.45) is 3.16. The number of aryl methyl sites for hydroxylation is 1. The van der Waals surface area contributed by atoms with E-state index in [-0.39, 0.29) is 12.0 Å². The molecule has 1 aliphatic rings. The summed E-state index contributed by atoms with van der Waals surface area (Å²) >= 11 is 0. The van der Waals surface area contributed by atoms with Gasteiger partial charge in [-0.15, -0.1) is 0 Å². The van der Waals surface area contributed by atoms with E-state index in [1.165, 1.54) is 0 Å². The maximum Gasteiger partial charge on any atom is 0.249 e. The number of carbonyl (C=O) groups is 1. The van der Waals surface area contributed by atoms with Crippen molar-refractivity contribution < 1.29 is 9.53 Å². The molecule has 0 spiro atoms. The van der Waals surface area contributed by atoms with E-state index in [9.17, 15) is 4.79 Å². The molecule has 5 nitrogen and oxygen atoms in total. The van der Waals surface area contributed by atoms with Gasteiger partial charge in [0.15, 0.2) is 0 Å². The van der Waals surface area contributed by atoms with Crippen molar-refractivity contribution in [2.45, 2.75) is 32.4 Å². The summed E-state index contributed by atoms with van der Waals surface area (Å²) in [6, 6.07) is 0. The van der Waals surface area contributed by atoms with Gasteiger partial charge >= 0.3 is 0 Å². The second-order valence-corrected chi connectivity index (χ2v) is 3.69. The fourth-order valence-electron chi connectivity index (χ4n) is 1.63. The van der Waals surface area contributed by atoms with E-state index < -0.39 is 0 Å². The van der Waals surface area contributed by atoms with Crippen molar-refractivity contribution in [1.29, 1.82) is 0 Å². The van der Waals surface area contributed by atoms with Gasteiger partial charge in [-0.3, -0.25) is 4.79 Å². The SMILES string of the molecule is Cc1[nH]cnc1CNC(=O)C1CCCO1. The first-order valence-electron chi connectivity index (χ1n) is 5.15. The van der Waals surface area contributed by atoms with Crippen LogP contribution in [0.3, 0.4) is 0 Å². The molecule has 1 aliphatic heterocycles. The summed E-state index contributed by atoms with van der Waals surface area (Å²) in [6.45, 7) is 3.09. The van der Waals surface area contributed by atoms with Gasteiger partial charge in [-0.2, -0.15) is 0 Å². The first-order valence-corrected chi connectivity index (χ1v) is 5.15. The number of nitrogens with zero attached hydrogens (tertiary/aromatic N) is 1. The van der Waals surface area contributed by atoms with Gasteiger partial charge in [-0.25, -0.2) is 4.98 Å². The number of aromatic nitrogens is 2. The van der Waals surface area contributed by atoms with Crippen LogP contribution in [0.5, 0.6) is 0 Å². The molecule has 1 atom stereocenters. The molecule has 0 saturated carbocycles. The predicted octanol–water partition coefficient (Wildman–Crippen LogP) is 0.513. The summed E-state index contributed by atoms with van der Waals surface area (Å²) < 4.78 is 5.27. The van der Waals surface area contributed by atoms with Crippen molar-refractivity contribution in [3.63, 3.8) is 0 Å². The third-order valence-electron chi connectivity index (χ3n) is 2.59. The van der Waals surface area contributed by atoms with Gasteiger partial charge in [0.05, 0.1) is 18.6 Å². The van der Waals surface area contributed by atoms with E-state index in [0.717, 1.165) is 24.2 Å². The summed E-state index contributed by atoms with van der Waals surface area (Å²) in [4.78, 5) is 18.6. The van der Waals surface area contributed by atoms with Crippen molar-refractivity contribution in [1.82, 2.24) is 15.3 Å². The zero-order valence-corrected chi connectivity index (χ0v) is 8.75. The molecule has 1 fully saturated rings. The van der Waals surface area contributed by atoms with E-state index in [1.807, 2.05) is 6.92 Å². The molecule has 1 unspecified atom stereocenters. The number of imidazole rings is 1. The Labute approximate surface area is 88.2 Å². The molecule has 1 aromatic heterocycles. The van der Waals surface area contributed by atoms with Gasteiger partial charge in [0.1, 0.15) is 6.10 Å². The van der Waals surface area contributed by atoms with E-state index >= 15 is 0 Å². The highest BCUT2D eigenvalue weighted by Crippen LogP contribution is 2.12. The van der Waals surface area contributed by atoms with Gasteiger partial charge in [0, 0.05) is 12.3 Å². The Balaban J connectivity index is 1.83. The third-order valence-corrected chi connectivity index (χ3v) is 2.59. The van der Waals surface area contributed by atoms with Crippen LogP contribution in [-0.2, 0) is 16.1 Å². The van der Waals surface area contributed by atoms with Crippen LogP contribution in [0.1, 0.15) is 24.2 Å². The molecule has 0 bridgehead atoms. The third kappa shape index (κ3) is 2.36. The number of amides is 1. The summed E-state index contributed by atoms with van der Waals surface area (Å²) in [5.74, 6) is -0.0325. The summed E-state index contributed by atoms with van der Waals surface area (Å²) in [5, 5.41) is 2.82. The molecule has 2 heterocycles. The Morgan fingerprint density at radius 1 is 1.80 bits per heavy atom. The average Bonchev–Trinajstić information content (AvgIpc) is 2.85. The zero-order valence-electron chi connectivity index (χ0n) is 8.75. The van der Waals surface area contributed by atoms with Gasteiger partial charge < -0.3 is 15.0 Å². The van der Waals surface area contributed by atoms with Gasteiger partial charge in [-0.1, -0.05) is 0 Å². The maximum atomic E-state index is 11.6. The number of rotatable bonds is 3. The lowest BCUT2D eigenvalue weighted by Crippen LogP contribution is -2.33. The van der Waals surface area contributed by atoms with Crippen molar-refractivity contribution in [3.05, 3.63) is 17.7 Å². The minimum Gasteiger partial charge on any atom is -0.368 e. The largest absolute Gasteiger partial charge is 0.368 e. The van der Waals surface area contributed by atoms with E-state index in [0.29, 0.717) is 13.2 Å². The number of carbonyl (C=O) groups excluding carboxylic acids is 1. The molecule has 0 radical (unpaired) electrons. The van der Waals surface area contributed by atoms with E-state index in [1.54, 1.807) is 6.33 Å². The Kier molecular flexibility index (Phi) is 3.01. The first kappa shape index (κ1) is 10.2. The highest BCUT2D eigenvalue weighted by molar-refractivity contribution is 5.80.